The monoisotopic (exact) mass is 236 g/mol. The quantitative estimate of drug-likeness (QED) is 0.787. The van der Waals surface area contributed by atoms with E-state index in [1.807, 2.05) is 22.7 Å². The maximum absolute atomic E-state index is 11.9. The van der Waals surface area contributed by atoms with Crippen molar-refractivity contribution >= 4 is 5.91 Å². The Bertz CT molecular complexity index is 384. The van der Waals surface area contributed by atoms with Gasteiger partial charge in [0.2, 0.25) is 5.91 Å². The third-order valence-electron chi connectivity index (χ3n) is 3.05. The molecule has 5 heteroatoms. The molecule has 0 spiro atoms. The van der Waals surface area contributed by atoms with Crippen LogP contribution in [0.4, 0.5) is 0 Å². The number of carbonyl (C=O) groups is 1. The second-order valence-corrected chi connectivity index (χ2v) is 4.55. The molecular weight excluding hydrogens is 216 g/mol. The molecule has 0 aliphatic heterocycles. The molecule has 1 saturated carbocycles. The minimum absolute atomic E-state index is 0.167. The van der Waals surface area contributed by atoms with E-state index in [1.54, 1.807) is 6.33 Å². The van der Waals surface area contributed by atoms with E-state index in [0.29, 0.717) is 12.6 Å². The standard InChI is InChI=1S/C12H20N4O/c1-3-13-6-10-7-16(9-14-10)8-12(17)15(2)11-4-5-11/h7,9,11,13H,3-6,8H2,1-2H3. The molecule has 1 fully saturated rings. The van der Waals surface area contributed by atoms with Crippen molar-refractivity contribution in [2.24, 2.45) is 0 Å². The predicted octanol–water partition coefficient (Wildman–Crippen LogP) is 0.613. The van der Waals surface area contributed by atoms with Crippen LogP contribution in [0.2, 0.25) is 0 Å². The van der Waals surface area contributed by atoms with Crippen LogP contribution in [0.5, 0.6) is 0 Å². The van der Waals surface area contributed by atoms with Gasteiger partial charge in [-0.15, -0.1) is 0 Å². The molecule has 2 rings (SSSR count). The summed E-state index contributed by atoms with van der Waals surface area (Å²) < 4.78 is 1.86. The number of carbonyl (C=O) groups excluding carboxylic acids is 1. The van der Waals surface area contributed by atoms with Crippen molar-refractivity contribution in [3.63, 3.8) is 0 Å². The minimum Gasteiger partial charge on any atom is -0.341 e. The number of amides is 1. The summed E-state index contributed by atoms with van der Waals surface area (Å²) in [4.78, 5) is 18.0. The second-order valence-electron chi connectivity index (χ2n) is 4.55. The van der Waals surface area contributed by atoms with Crippen molar-refractivity contribution in [2.45, 2.75) is 38.9 Å². The Morgan fingerprint density at radius 2 is 2.41 bits per heavy atom. The van der Waals surface area contributed by atoms with Crippen LogP contribution in [-0.2, 0) is 17.9 Å². The number of hydrogen-bond donors (Lipinski definition) is 1. The molecule has 5 nitrogen and oxygen atoms in total. The van der Waals surface area contributed by atoms with Crippen molar-refractivity contribution < 1.29 is 4.79 Å². The van der Waals surface area contributed by atoms with Crippen molar-refractivity contribution in [3.05, 3.63) is 18.2 Å². The smallest absolute Gasteiger partial charge is 0.242 e. The lowest BCUT2D eigenvalue weighted by atomic mass is 10.4. The van der Waals surface area contributed by atoms with Gasteiger partial charge in [-0.3, -0.25) is 4.79 Å². The summed E-state index contributed by atoms with van der Waals surface area (Å²) in [7, 11) is 1.89. The Hall–Kier alpha value is -1.36. The SMILES string of the molecule is CCNCc1cn(CC(=O)N(C)C2CC2)cn1. The maximum Gasteiger partial charge on any atom is 0.242 e. The first-order valence-corrected chi connectivity index (χ1v) is 6.17. The van der Waals surface area contributed by atoms with Crippen LogP contribution in [0.1, 0.15) is 25.5 Å². The molecule has 0 saturated heterocycles. The lowest BCUT2D eigenvalue weighted by molar-refractivity contribution is -0.131. The maximum atomic E-state index is 11.9. The fourth-order valence-electron chi connectivity index (χ4n) is 1.77. The van der Waals surface area contributed by atoms with Crippen LogP contribution in [0.25, 0.3) is 0 Å². The van der Waals surface area contributed by atoms with Crippen LogP contribution in [0, 0.1) is 0 Å². The summed E-state index contributed by atoms with van der Waals surface area (Å²) in [5.74, 6) is 0.167. The summed E-state index contributed by atoms with van der Waals surface area (Å²) in [5, 5.41) is 3.21. The van der Waals surface area contributed by atoms with Gasteiger partial charge >= 0.3 is 0 Å². The number of hydrogen-bond acceptors (Lipinski definition) is 3. The molecule has 1 aromatic heterocycles. The first-order chi connectivity index (χ1) is 8.20. The Labute approximate surface area is 102 Å². The van der Waals surface area contributed by atoms with E-state index in [2.05, 4.69) is 17.2 Å². The fourth-order valence-corrected chi connectivity index (χ4v) is 1.77. The second kappa shape index (κ2) is 5.31. The van der Waals surface area contributed by atoms with E-state index in [-0.39, 0.29) is 5.91 Å². The van der Waals surface area contributed by atoms with E-state index in [1.165, 1.54) is 0 Å². The van der Waals surface area contributed by atoms with Crippen LogP contribution < -0.4 is 5.32 Å². The summed E-state index contributed by atoms with van der Waals surface area (Å²) in [6.07, 6.45) is 5.96. The largest absolute Gasteiger partial charge is 0.341 e. The fraction of sp³-hybridized carbons (Fsp3) is 0.667. The molecule has 0 bridgehead atoms. The topological polar surface area (TPSA) is 50.2 Å². The Balaban J connectivity index is 1.85. The number of likely N-dealkylation sites (N-methyl/N-ethyl adjacent to an activating group) is 1. The van der Waals surface area contributed by atoms with Crippen molar-refractivity contribution in [2.75, 3.05) is 13.6 Å². The summed E-state index contributed by atoms with van der Waals surface area (Å²) >= 11 is 0. The lowest BCUT2D eigenvalue weighted by Gasteiger charge is -2.16. The van der Waals surface area contributed by atoms with Gasteiger partial charge in [-0.25, -0.2) is 4.98 Å². The van der Waals surface area contributed by atoms with Crippen molar-refractivity contribution in [1.29, 1.82) is 0 Å². The Morgan fingerprint density at radius 3 is 3.06 bits per heavy atom. The molecule has 1 aliphatic rings. The van der Waals surface area contributed by atoms with Crippen molar-refractivity contribution in [1.82, 2.24) is 19.8 Å². The van der Waals surface area contributed by atoms with E-state index in [4.69, 9.17) is 0 Å². The summed E-state index contributed by atoms with van der Waals surface area (Å²) in [5.41, 5.74) is 0.980. The number of nitrogens with zero attached hydrogens (tertiary/aromatic N) is 3. The number of rotatable bonds is 6. The molecular formula is C12H20N4O. The minimum atomic E-state index is 0.167. The number of aromatic nitrogens is 2. The lowest BCUT2D eigenvalue weighted by Crippen LogP contribution is -2.31. The first-order valence-electron chi connectivity index (χ1n) is 6.17. The molecule has 0 atom stereocenters. The first kappa shape index (κ1) is 12.1. The zero-order valence-electron chi connectivity index (χ0n) is 10.5. The highest BCUT2D eigenvalue weighted by atomic mass is 16.2. The third-order valence-corrected chi connectivity index (χ3v) is 3.05. The average molecular weight is 236 g/mol. The van der Waals surface area contributed by atoms with Gasteiger partial charge in [-0.1, -0.05) is 6.92 Å². The van der Waals surface area contributed by atoms with Gasteiger partial charge in [0.05, 0.1) is 12.0 Å². The Morgan fingerprint density at radius 1 is 1.65 bits per heavy atom. The van der Waals surface area contributed by atoms with E-state index in [0.717, 1.165) is 31.6 Å². The molecule has 0 radical (unpaired) electrons. The molecule has 0 aromatic carbocycles. The van der Waals surface area contributed by atoms with Gasteiger partial charge in [-0.05, 0) is 19.4 Å². The van der Waals surface area contributed by atoms with Crippen LogP contribution in [-0.4, -0.2) is 40.0 Å². The zero-order chi connectivity index (χ0) is 12.3. The van der Waals surface area contributed by atoms with Crippen LogP contribution >= 0.6 is 0 Å². The van der Waals surface area contributed by atoms with E-state index >= 15 is 0 Å². The Kier molecular flexibility index (Phi) is 3.78. The highest BCUT2D eigenvalue weighted by molar-refractivity contribution is 5.76. The third kappa shape index (κ3) is 3.30. The highest BCUT2D eigenvalue weighted by Crippen LogP contribution is 2.25. The van der Waals surface area contributed by atoms with Gasteiger partial charge in [0, 0.05) is 25.8 Å². The highest BCUT2D eigenvalue weighted by Gasteiger charge is 2.29. The normalized spacial score (nSPS) is 14.9. The van der Waals surface area contributed by atoms with Gasteiger partial charge in [0.1, 0.15) is 6.54 Å². The number of nitrogens with one attached hydrogen (secondary N) is 1. The molecule has 1 aliphatic carbocycles. The molecule has 1 heterocycles. The van der Waals surface area contributed by atoms with Gasteiger partial charge < -0.3 is 14.8 Å². The number of imidazole rings is 1. The average Bonchev–Trinajstić information content (AvgIpc) is 3.08. The summed E-state index contributed by atoms with van der Waals surface area (Å²) in [6.45, 7) is 4.14. The van der Waals surface area contributed by atoms with Crippen LogP contribution in [0.15, 0.2) is 12.5 Å². The molecule has 1 N–H and O–H groups in total. The molecule has 1 aromatic rings. The molecule has 1 amide bonds. The molecule has 0 unspecified atom stereocenters. The van der Waals surface area contributed by atoms with Crippen LogP contribution in [0.3, 0.4) is 0 Å². The van der Waals surface area contributed by atoms with Crippen molar-refractivity contribution in [3.8, 4) is 0 Å². The molecule has 94 valence electrons. The summed E-state index contributed by atoms with van der Waals surface area (Å²) in [6, 6.07) is 0.479. The zero-order valence-corrected chi connectivity index (χ0v) is 10.5. The predicted molar refractivity (Wildman–Crippen MR) is 65.4 cm³/mol. The van der Waals surface area contributed by atoms with Gasteiger partial charge in [-0.2, -0.15) is 0 Å². The van der Waals surface area contributed by atoms with Gasteiger partial charge in [0.15, 0.2) is 0 Å². The molecule has 17 heavy (non-hydrogen) atoms. The van der Waals surface area contributed by atoms with E-state index in [9.17, 15) is 4.79 Å². The van der Waals surface area contributed by atoms with E-state index < -0.39 is 0 Å². The van der Waals surface area contributed by atoms with Gasteiger partial charge in [0.25, 0.3) is 0 Å².